The van der Waals surface area contributed by atoms with Crippen molar-refractivity contribution in [2.45, 2.75) is 31.2 Å². The molecule has 3 rings (SSSR count). The van der Waals surface area contributed by atoms with Crippen molar-refractivity contribution in [1.29, 1.82) is 0 Å². The summed E-state index contributed by atoms with van der Waals surface area (Å²) < 4.78 is 27.1. The van der Waals surface area contributed by atoms with E-state index in [4.69, 9.17) is 18.9 Å². The average molecular weight is 395 g/mol. The number of nitrogens with zero attached hydrogens (tertiary/aromatic N) is 1. The van der Waals surface area contributed by atoms with Gasteiger partial charge in [-0.15, -0.1) is 0 Å². The van der Waals surface area contributed by atoms with Crippen molar-refractivity contribution in [3.05, 3.63) is 46.0 Å². The van der Waals surface area contributed by atoms with Crippen molar-refractivity contribution in [3.63, 3.8) is 0 Å². The first-order valence-corrected chi connectivity index (χ1v) is 8.64. The zero-order valence-corrected chi connectivity index (χ0v) is 15.4. The van der Waals surface area contributed by atoms with Crippen molar-refractivity contribution < 1.29 is 38.2 Å². The van der Waals surface area contributed by atoms with Gasteiger partial charge in [0.2, 0.25) is 6.54 Å². The molecule has 0 amide bonds. The number of hydrogen-bond donors (Lipinski definition) is 0. The number of carbonyl (C=O) groups is 2. The summed E-state index contributed by atoms with van der Waals surface area (Å²) in [7, 11) is 2.39. The summed E-state index contributed by atoms with van der Waals surface area (Å²) in [6.07, 6.45) is -4.66. The summed E-state index contributed by atoms with van der Waals surface area (Å²) in [4.78, 5) is 36.0. The molecule has 0 saturated carbocycles. The SMILES string of the molecule is COC(=O)C[C@@]1(C[N+](=O)[O-])C(=O)[C@@H]2OC(c3ccccc3)OC[C@H]2O[C@@H]1OC. The number of carbonyl (C=O) groups excluding carboxylic acids is 2. The number of fused-ring (bicyclic) bond motifs is 1. The van der Waals surface area contributed by atoms with Crippen molar-refractivity contribution >= 4 is 11.8 Å². The average Bonchev–Trinajstić information content (AvgIpc) is 2.70. The van der Waals surface area contributed by atoms with Crippen molar-refractivity contribution in [2.24, 2.45) is 5.41 Å². The highest BCUT2D eigenvalue weighted by molar-refractivity contribution is 5.94. The topological polar surface area (TPSA) is 123 Å². The third kappa shape index (κ3) is 3.76. The van der Waals surface area contributed by atoms with Crippen LogP contribution in [0.25, 0.3) is 0 Å². The summed E-state index contributed by atoms with van der Waals surface area (Å²) >= 11 is 0. The van der Waals surface area contributed by atoms with Gasteiger partial charge in [0.15, 0.2) is 23.8 Å². The highest BCUT2D eigenvalue weighted by atomic mass is 16.7. The first-order chi connectivity index (χ1) is 13.4. The molecular formula is C18H21NO9. The molecule has 0 spiro atoms. The number of nitro groups is 1. The van der Waals surface area contributed by atoms with Crippen LogP contribution in [0.1, 0.15) is 18.3 Å². The fourth-order valence-corrected chi connectivity index (χ4v) is 3.56. The second-order valence-electron chi connectivity index (χ2n) is 6.64. The van der Waals surface area contributed by atoms with E-state index in [1.165, 1.54) is 7.11 Å². The minimum Gasteiger partial charge on any atom is -0.469 e. The molecule has 0 N–H and O–H groups in total. The standard InChI is InChI=1S/C18H21NO9/c1-24-13(20)8-18(10-19(22)23)15(21)14-12(27-17(18)25-2)9-26-16(28-14)11-6-4-3-5-7-11/h3-7,12,14,16-17H,8-10H2,1-2H3/t12-,14-,16?,17+,18-/m1/s1. The highest BCUT2D eigenvalue weighted by Gasteiger charge is 2.62. The Kier molecular flexibility index (Phi) is 6.04. The van der Waals surface area contributed by atoms with Crippen LogP contribution in [0.2, 0.25) is 0 Å². The van der Waals surface area contributed by atoms with Crippen LogP contribution in [0, 0.1) is 15.5 Å². The van der Waals surface area contributed by atoms with Gasteiger partial charge < -0.3 is 23.7 Å². The molecule has 1 aromatic rings. The van der Waals surface area contributed by atoms with Gasteiger partial charge in [-0.2, -0.15) is 0 Å². The maximum absolute atomic E-state index is 13.4. The Hall–Kier alpha value is -2.40. The minimum absolute atomic E-state index is 0.0304. The molecule has 28 heavy (non-hydrogen) atoms. The lowest BCUT2D eigenvalue weighted by Crippen LogP contribution is -2.65. The van der Waals surface area contributed by atoms with E-state index < -0.39 is 59.8 Å². The van der Waals surface area contributed by atoms with Crippen LogP contribution in [-0.2, 0) is 33.3 Å². The molecule has 2 fully saturated rings. The Balaban J connectivity index is 1.93. The van der Waals surface area contributed by atoms with Gasteiger partial charge in [0.25, 0.3) is 0 Å². The maximum atomic E-state index is 13.4. The lowest BCUT2D eigenvalue weighted by Gasteiger charge is -2.47. The van der Waals surface area contributed by atoms with E-state index >= 15 is 0 Å². The molecule has 0 aromatic heterocycles. The van der Waals surface area contributed by atoms with E-state index in [1.807, 2.05) is 6.07 Å². The number of esters is 1. The van der Waals surface area contributed by atoms with Crippen LogP contribution in [0.15, 0.2) is 30.3 Å². The Morgan fingerprint density at radius 1 is 1.29 bits per heavy atom. The summed E-state index contributed by atoms with van der Waals surface area (Å²) in [5, 5.41) is 11.3. The van der Waals surface area contributed by atoms with E-state index in [0.29, 0.717) is 5.56 Å². The third-order valence-electron chi connectivity index (χ3n) is 4.90. The Morgan fingerprint density at radius 3 is 2.61 bits per heavy atom. The summed E-state index contributed by atoms with van der Waals surface area (Å²) in [6, 6.07) is 8.96. The molecule has 10 heteroatoms. The number of methoxy groups -OCH3 is 2. The van der Waals surface area contributed by atoms with E-state index in [1.54, 1.807) is 24.3 Å². The predicted molar refractivity (Wildman–Crippen MR) is 91.6 cm³/mol. The molecule has 152 valence electrons. The largest absolute Gasteiger partial charge is 0.469 e. The number of benzene rings is 1. The minimum atomic E-state index is -1.87. The van der Waals surface area contributed by atoms with Crippen LogP contribution in [0.3, 0.4) is 0 Å². The number of ether oxygens (including phenoxy) is 5. The monoisotopic (exact) mass is 395 g/mol. The number of Topliss-reactive ketones (excluding diaryl/α,β-unsaturated/α-hetero) is 1. The lowest BCUT2D eigenvalue weighted by molar-refractivity contribution is -0.505. The molecule has 0 bridgehead atoms. The lowest BCUT2D eigenvalue weighted by atomic mass is 9.73. The molecule has 0 radical (unpaired) electrons. The molecular weight excluding hydrogens is 374 g/mol. The molecule has 5 atom stereocenters. The molecule has 1 unspecified atom stereocenters. The zero-order valence-electron chi connectivity index (χ0n) is 15.4. The molecule has 2 aliphatic heterocycles. The van der Waals surface area contributed by atoms with Crippen LogP contribution < -0.4 is 0 Å². The summed E-state index contributed by atoms with van der Waals surface area (Å²) in [5.74, 6) is -1.42. The first-order valence-electron chi connectivity index (χ1n) is 8.64. The number of hydrogen-bond acceptors (Lipinski definition) is 9. The summed E-state index contributed by atoms with van der Waals surface area (Å²) in [6.45, 7) is -0.828. The third-order valence-corrected chi connectivity index (χ3v) is 4.90. The van der Waals surface area contributed by atoms with E-state index in [-0.39, 0.29) is 6.61 Å². The Labute approximate surface area is 160 Å². The van der Waals surface area contributed by atoms with E-state index in [0.717, 1.165) is 7.11 Å². The van der Waals surface area contributed by atoms with E-state index in [2.05, 4.69) is 4.74 Å². The van der Waals surface area contributed by atoms with Gasteiger partial charge in [-0.3, -0.25) is 19.7 Å². The Bertz CT molecular complexity index is 740. The van der Waals surface area contributed by atoms with Gasteiger partial charge in [-0.25, -0.2) is 0 Å². The first kappa shape index (κ1) is 20.3. The van der Waals surface area contributed by atoms with Crippen molar-refractivity contribution in [1.82, 2.24) is 0 Å². The quantitative estimate of drug-likeness (QED) is 0.392. The molecule has 2 heterocycles. The van der Waals surface area contributed by atoms with Gasteiger partial charge in [0, 0.05) is 17.6 Å². The highest BCUT2D eigenvalue weighted by Crippen LogP contribution is 2.42. The number of ketones is 1. The van der Waals surface area contributed by atoms with Crippen LogP contribution in [-0.4, -0.2) is 62.5 Å². The maximum Gasteiger partial charge on any atom is 0.306 e. The smallest absolute Gasteiger partial charge is 0.306 e. The predicted octanol–water partition coefficient (Wildman–Crippen LogP) is 0.867. The fraction of sp³-hybridized carbons (Fsp3) is 0.556. The van der Waals surface area contributed by atoms with Gasteiger partial charge in [-0.05, 0) is 0 Å². The van der Waals surface area contributed by atoms with Crippen LogP contribution in [0.4, 0.5) is 0 Å². The number of rotatable bonds is 6. The second kappa shape index (κ2) is 8.31. The molecule has 2 saturated heterocycles. The zero-order chi connectivity index (χ0) is 20.3. The Morgan fingerprint density at radius 2 is 2.00 bits per heavy atom. The fourth-order valence-electron chi connectivity index (χ4n) is 3.56. The molecule has 10 nitrogen and oxygen atoms in total. The van der Waals surface area contributed by atoms with Gasteiger partial charge in [0.1, 0.15) is 12.2 Å². The van der Waals surface area contributed by atoms with Crippen molar-refractivity contribution in [2.75, 3.05) is 27.4 Å². The molecule has 1 aromatic carbocycles. The second-order valence-corrected chi connectivity index (χ2v) is 6.64. The van der Waals surface area contributed by atoms with Gasteiger partial charge in [0.05, 0.1) is 20.1 Å². The summed E-state index contributed by atoms with van der Waals surface area (Å²) in [5.41, 5.74) is -1.18. The van der Waals surface area contributed by atoms with Gasteiger partial charge in [-0.1, -0.05) is 30.3 Å². The van der Waals surface area contributed by atoms with Crippen molar-refractivity contribution in [3.8, 4) is 0 Å². The normalized spacial score (nSPS) is 32.4. The van der Waals surface area contributed by atoms with Gasteiger partial charge >= 0.3 is 5.97 Å². The van der Waals surface area contributed by atoms with Crippen LogP contribution >= 0.6 is 0 Å². The van der Waals surface area contributed by atoms with Crippen LogP contribution in [0.5, 0.6) is 0 Å². The van der Waals surface area contributed by atoms with E-state index in [9.17, 15) is 19.7 Å². The molecule has 0 aliphatic carbocycles. The molecule has 2 aliphatic rings.